The molecule has 1 aliphatic carbocycles. The van der Waals surface area contributed by atoms with Crippen LogP contribution in [0.4, 0.5) is 0 Å². The maximum Gasteiger partial charge on any atom is 0.307 e. The molecule has 6 heteroatoms. The lowest BCUT2D eigenvalue weighted by molar-refractivity contribution is 0.644. The van der Waals surface area contributed by atoms with Gasteiger partial charge in [0.15, 0.2) is 5.58 Å². The summed E-state index contributed by atoms with van der Waals surface area (Å²) in [5, 5.41) is -0.283. The first-order valence-electron chi connectivity index (χ1n) is 26.6. The first kappa shape index (κ1) is 22.6. The Labute approximate surface area is 369 Å². The molecule has 282 valence electrons. The zero-order valence-electron chi connectivity index (χ0n) is 46.0. The zero-order chi connectivity index (χ0) is 52.2. The molecule has 0 spiro atoms. The Morgan fingerprint density at radius 1 is 0.576 bits per heavy atom. The van der Waals surface area contributed by atoms with Crippen molar-refractivity contribution in [3.63, 3.8) is 0 Å². The van der Waals surface area contributed by atoms with E-state index in [4.69, 9.17) is 21.7 Å². The van der Waals surface area contributed by atoms with Crippen molar-refractivity contribution in [1.29, 1.82) is 0 Å². The molecule has 0 saturated heterocycles. The monoisotopic (exact) mass is 808 g/mol. The van der Waals surface area contributed by atoms with Gasteiger partial charge < -0.3 is 4.42 Å². The van der Waals surface area contributed by atoms with E-state index in [0.717, 1.165) is 50.8 Å². The normalized spacial score (nSPS) is 18.4. The zero-order valence-corrected chi connectivity index (χ0v) is 32.8. The summed E-state index contributed by atoms with van der Waals surface area (Å²) in [6.45, 7) is -15.3. The maximum atomic E-state index is 9.45. The Hall–Kier alpha value is -6.47. The molecule has 0 unspecified atom stereocenters. The second-order valence-electron chi connectivity index (χ2n) is 15.0. The van der Waals surface area contributed by atoms with Gasteiger partial charge in [0, 0.05) is 53.2 Å². The van der Waals surface area contributed by atoms with Crippen LogP contribution in [0.2, 0.25) is 13.0 Å². The van der Waals surface area contributed by atoms with Crippen LogP contribution in [-0.4, -0.2) is 22.4 Å². The molecule has 4 nitrogen and oxygen atoms in total. The van der Waals surface area contributed by atoms with Gasteiger partial charge in [-0.1, -0.05) is 128 Å². The summed E-state index contributed by atoms with van der Waals surface area (Å²) in [4.78, 5) is 9.49. The third kappa shape index (κ3) is 4.90. The number of aromatic nitrogens is 3. The Kier molecular flexibility index (Phi) is 4.80. The van der Waals surface area contributed by atoms with Gasteiger partial charge in [-0.25, -0.2) is 0 Å². The van der Waals surface area contributed by atoms with E-state index in [9.17, 15) is 8.22 Å². The predicted molar refractivity (Wildman–Crippen MR) is 248 cm³/mol. The summed E-state index contributed by atoms with van der Waals surface area (Å²) < 4.78 is 145. The highest BCUT2D eigenvalue weighted by molar-refractivity contribution is 8.00. The largest absolute Gasteiger partial charge is 0.422 e. The number of para-hydroxylation sites is 2. The first-order valence-corrected chi connectivity index (χ1v) is 21.9. The van der Waals surface area contributed by atoms with Crippen molar-refractivity contribution in [2.24, 2.45) is 0 Å². The fraction of sp³-hybridized carbons (Fsp3) is 0.0943. The lowest BCUT2D eigenvalue weighted by atomic mass is 9.81. The lowest BCUT2D eigenvalue weighted by Gasteiger charge is -2.35. The number of pyridine rings is 1. The molecule has 4 heterocycles. The van der Waals surface area contributed by atoms with Crippen molar-refractivity contribution in [1.82, 2.24) is 14.4 Å². The van der Waals surface area contributed by atoms with Gasteiger partial charge >= 0.3 is 5.84 Å². The Balaban J connectivity index is 1.17. The van der Waals surface area contributed by atoms with Crippen LogP contribution in [0.15, 0.2) is 160 Å². The summed E-state index contributed by atoms with van der Waals surface area (Å²) in [5.74, 6) is 0.0804. The molecule has 2 aliphatic rings. The quantitative estimate of drug-likeness (QED) is 0.163. The van der Waals surface area contributed by atoms with Crippen molar-refractivity contribution in [3.8, 4) is 66.9 Å². The van der Waals surface area contributed by atoms with Crippen LogP contribution < -0.4 is 10.4 Å². The standard InChI is InChI=1S/C53H39N3OSSi/c1-30-21-25-46-52(48(30)33-22-23-37-34-13-6-7-14-35(34)39-17-12-26-54-50(39)38-16-9-8-15-36(38)41(37)28-33)58-45-27-32(3)40(29-47(45)59(46,4)5)49-31(2)20-24-44-51(49)57-53-55-42-18-10-11-19-43(42)56(44)53/h6-29H,1-5H3/i1D3,2D3,3D3,4D3,5D3. The molecule has 7 aromatic carbocycles. The number of oxazole rings is 1. The van der Waals surface area contributed by atoms with Gasteiger partial charge in [-0.3, -0.25) is 9.38 Å². The van der Waals surface area contributed by atoms with Gasteiger partial charge in [0.05, 0.1) is 22.2 Å². The average molecular weight is 809 g/mol. The second-order valence-corrected chi connectivity index (χ2v) is 18.6. The number of imidazole rings is 1. The molecule has 1 aliphatic heterocycles. The van der Waals surface area contributed by atoms with Crippen LogP contribution in [0, 0.1) is 20.6 Å². The molecular weight excluding hydrogens is 755 g/mol. The lowest BCUT2D eigenvalue weighted by Crippen LogP contribution is -2.56. The van der Waals surface area contributed by atoms with Crippen LogP contribution in [0.5, 0.6) is 0 Å². The van der Waals surface area contributed by atoms with Crippen LogP contribution >= 0.6 is 11.8 Å². The Morgan fingerprint density at radius 2 is 1.29 bits per heavy atom. The second kappa shape index (κ2) is 12.5. The fourth-order valence-electron chi connectivity index (χ4n) is 9.08. The molecule has 0 bridgehead atoms. The molecule has 0 N–H and O–H groups in total. The number of benzene rings is 7. The van der Waals surface area contributed by atoms with Crippen molar-refractivity contribution in [2.75, 3.05) is 0 Å². The highest BCUT2D eigenvalue weighted by Crippen LogP contribution is 2.50. The van der Waals surface area contributed by atoms with Gasteiger partial charge in [0.25, 0.3) is 0 Å². The molecule has 59 heavy (non-hydrogen) atoms. The topological polar surface area (TPSA) is 43.3 Å². The summed E-state index contributed by atoms with van der Waals surface area (Å²) in [7, 11) is -5.38. The number of aryl methyl sites for hydroxylation is 3. The van der Waals surface area contributed by atoms with Crippen molar-refractivity contribution < 1.29 is 25.0 Å². The smallest absolute Gasteiger partial charge is 0.307 e. The van der Waals surface area contributed by atoms with Gasteiger partial charge in [0.1, 0.15) is 8.07 Å². The number of hydrogen-bond acceptors (Lipinski definition) is 4. The minimum Gasteiger partial charge on any atom is -0.422 e. The SMILES string of the molecule is [2H]C([2H])([2H])c1cc2c(cc1-c1c(C([2H])([2H])[2H])ccc3c1oc1nc4ccccc4n13)[Si](C([2H])([2H])[2H])(C([2H])([2H])[2H])c1ccc(C([2H])([2H])[2H])c(-c3ccc4c(c3)-c3ccccc3-c3ncccc3-c3ccccc3-4)c1S2. The summed E-state index contributed by atoms with van der Waals surface area (Å²) >= 11 is 0.909. The predicted octanol–water partition coefficient (Wildman–Crippen LogP) is 13.2. The van der Waals surface area contributed by atoms with Gasteiger partial charge in [-0.2, -0.15) is 4.98 Å². The number of rotatable bonds is 2. The van der Waals surface area contributed by atoms with E-state index in [2.05, 4.69) is 4.98 Å². The summed E-state index contributed by atoms with van der Waals surface area (Å²) in [5.41, 5.74) is 7.16. The van der Waals surface area contributed by atoms with Crippen molar-refractivity contribution >= 4 is 58.2 Å². The highest BCUT2D eigenvalue weighted by atomic mass is 32.2. The van der Waals surface area contributed by atoms with Gasteiger partial charge in [-0.15, -0.1) is 0 Å². The molecule has 0 radical (unpaired) electrons. The van der Waals surface area contributed by atoms with E-state index < -0.39 is 47.1 Å². The van der Waals surface area contributed by atoms with E-state index in [-0.39, 0.29) is 59.4 Å². The van der Waals surface area contributed by atoms with Gasteiger partial charge in [0.2, 0.25) is 0 Å². The molecule has 0 amide bonds. The number of fused-ring (bicyclic) bond motifs is 15. The van der Waals surface area contributed by atoms with Crippen LogP contribution in [-0.2, 0) is 0 Å². The maximum absolute atomic E-state index is 9.45. The van der Waals surface area contributed by atoms with E-state index in [1.165, 1.54) is 36.4 Å². The van der Waals surface area contributed by atoms with Crippen LogP contribution in [0.3, 0.4) is 0 Å². The highest BCUT2D eigenvalue weighted by Gasteiger charge is 2.38. The average Bonchev–Trinajstić information content (AvgIpc) is 3.90. The molecule has 0 saturated carbocycles. The first-order chi connectivity index (χ1) is 34.9. The summed E-state index contributed by atoms with van der Waals surface area (Å²) in [6, 6.07) is 40.1. The van der Waals surface area contributed by atoms with Crippen LogP contribution in [0.25, 0.3) is 94.9 Å². The van der Waals surface area contributed by atoms with Crippen molar-refractivity contribution in [3.05, 3.63) is 162 Å². The fourth-order valence-corrected chi connectivity index (χ4v) is 13.3. The molecular formula is C53H39N3OSSi. The summed E-state index contributed by atoms with van der Waals surface area (Å²) in [6.07, 6.45) is 1.72. The molecule has 10 aromatic rings. The van der Waals surface area contributed by atoms with E-state index >= 15 is 0 Å². The third-order valence-corrected chi connectivity index (χ3v) is 15.8. The Bertz CT molecular complexity index is 4000. The minimum absolute atomic E-state index is 0.0220. The molecule has 0 fully saturated rings. The third-order valence-electron chi connectivity index (χ3n) is 11.8. The van der Waals surface area contributed by atoms with E-state index in [1.807, 2.05) is 72.8 Å². The molecule has 0 atom stereocenters. The van der Waals surface area contributed by atoms with E-state index in [0.29, 0.717) is 27.7 Å². The Morgan fingerprint density at radius 3 is 2.12 bits per heavy atom. The van der Waals surface area contributed by atoms with Crippen LogP contribution in [0.1, 0.15) is 37.3 Å². The van der Waals surface area contributed by atoms with E-state index in [1.54, 1.807) is 40.9 Å². The molecule has 12 rings (SSSR count). The minimum atomic E-state index is -5.38. The van der Waals surface area contributed by atoms with Gasteiger partial charge in [-0.05, 0) is 129 Å². The van der Waals surface area contributed by atoms with Crippen molar-refractivity contribution in [2.45, 2.75) is 43.3 Å². The molecule has 3 aromatic heterocycles. The number of nitrogens with zero attached hydrogens (tertiary/aromatic N) is 3. The number of hydrogen-bond donors (Lipinski definition) is 0.